The van der Waals surface area contributed by atoms with E-state index < -0.39 is 0 Å². The lowest BCUT2D eigenvalue weighted by Gasteiger charge is -2.15. The molecule has 0 amide bonds. The SMILES string of the molecule is CCOc1cc(/C=C/C(=O)c2ccccc2)cc(I)c1OCc1cccc2ccccc12. The molecular formula is C28H23IO3. The Morgan fingerprint density at radius 2 is 1.66 bits per heavy atom. The molecule has 0 unspecified atom stereocenters. The molecule has 0 fully saturated rings. The van der Waals surface area contributed by atoms with E-state index in [1.54, 1.807) is 6.08 Å². The van der Waals surface area contributed by atoms with Crippen LogP contribution in [-0.4, -0.2) is 12.4 Å². The van der Waals surface area contributed by atoms with Crippen molar-refractivity contribution >= 4 is 45.2 Å². The van der Waals surface area contributed by atoms with Crippen molar-refractivity contribution < 1.29 is 14.3 Å². The molecule has 4 aromatic carbocycles. The largest absolute Gasteiger partial charge is 0.490 e. The van der Waals surface area contributed by atoms with Crippen molar-refractivity contribution in [1.82, 2.24) is 0 Å². The van der Waals surface area contributed by atoms with Crippen LogP contribution in [0.5, 0.6) is 11.5 Å². The van der Waals surface area contributed by atoms with Gasteiger partial charge in [-0.25, -0.2) is 0 Å². The maximum Gasteiger partial charge on any atom is 0.185 e. The lowest BCUT2D eigenvalue weighted by Crippen LogP contribution is -2.02. The second kappa shape index (κ2) is 10.5. The highest BCUT2D eigenvalue weighted by molar-refractivity contribution is 14.1. The number of fused-ring (bicyclic) bond motifs is 1. The van der Waals surface area contributed by atoms with Crippen LogP contribution in [0.15, 0.2) is 91.0 Å². The molecule has 0 radical (unpaired) electrons. The number of ether oxygens (including phenoxy) is 2. The summed E-state index contributed by atoms with van der Waals surface area (Å²) < 4.78 is 13.0. The van der Waals surface area contributed by atoms with Gasteiger partial charge in [-0.05, 0) is 69.6 Å². The average molecular weight is 534 g/mol. The fraction of sp³-hybridized carbons (Fsp3) is 0.107. The van der Waals surface area contributed by atoms with Crippen molar-refractivity contribution in [2.75, 3.05) is 6.61 Å². The Morgan fingerprint density at radius 1 is 0.906 bits per heavy atom. The summed E-state index contributed by atoms with van der Waals surface area (Å²) in [7, 11) is 0. The Labute approximate surface area is 201 Å². The summed E-state index contributed by atoms with van der Waals surface area (Å²) in [6, 6.07) is 27.7. The predicted molar refractivity (Wildman–Crippen MR) is 138 cm³/mol. The van der Waals surface area contributed by atoms with Crippen LogP contribution >= 0.6 is 22.6 Å². The van der Waals surface area contributed by atoms with E-state index >= 15 is 0 Å². The topological polar surface area (TPSA) is 35.5 Å². The second-order valence-corrected chi connectivity index (χ2v) is 8.42. The van der Waals surface area contributed by atoms with Gasteiger partial charge < -0.3 is 9.47 Å². The zero-order chi connectivity index (χ0) is 22.3. The molecule has 0 aliphatic rings. The number of ketones is 1. The lowest BCUT2D eigenvalue weighted by molar-refractivity contribution is 0.104. The van der Waals surface area contributed by atoms with Gasteiger partial charge in [-0.1, -0.05) is 78.9 Å². The summed E-state index contributed by atoms with van der Waals surface area (Å²) in [6.45, 7) is 2.92. The normalized spacial score (nSPS) is 11.1. The molecule has 0 saturated heterocycles. The Balaban J connectivity index is 1.57. The third-order valence-corrected chi connectivity index (χ3v) is 5.87. The number of halogens is 1. The van der Waals surface area contributed by atoms with E-state index in [0.717, 1.165) is 14.7 Å². The van der Waals surface area contributed by atoms with Crippen molar-refractivity contribution in [2.45, 2.75) is 13.5 Å². The molecule has 0 spiro atoms. The molecule has 4 rings (SSSR count). The van der Waals surface area contributed by atoms with E-state index in [0.29, 0.717) is 30.3 Å². The molecule has 0 N–H and O–H groups in total. The Kier molecular flexibility index (Phi) is 7.22. The van der Waals surface area contributed by atoms with Gasteiger partial charge in [0.05, 0.1) is 10.2 Å². The first-order valence-electron chi connectivity index (χ1n) is 10.5. The average Bonchev–Trinajstić information content (AvgIpc) is 2.83. The Hall–Kier alpha value is -3.12. The van der Waals surface area contributed by atoms with Crippen LogP contribution in [-0.2, 0) is 6.61 Å². The number of benzene rings is 4. The Morgan fingerprint density at radius 3 is 2.47 bits per heavy atom. The van der Waals surface area contributed by atoms with Gasteiger partial charge in [0.2, 0.25) is 0 Å². The molecule has 0 aliphatic heterocycles. The van der Waals surface area contributed by atoms with Crippen LogP contribution in [0.1, 0.15) is 28.4 Å². The van der Waals surface area contributed by atoms with Crippen molar-refractivity contribution in [2.24, 2.45) is 0 Å². The minimum atomic E-state index is -0.0325. The number of carbonyl (C=O) groups excluding carboxylic acids is 1. The van der Waals surface area contributed by atoms with E-state index in [9.17, 15) is 4.79 Å². The smallest absolute Gasteiger partial charge is 0.185 e. The highest BCUT2D eigenvalue weighted by Crippen LogP contribution is 2.35. The fourth-order valence-corrected chi connectivity index (χ4v) is 4.31. The molecule has 0 heterocycles. The molecule has 0 bridgehead atoms. The third kappa shape index (κ3) is 5.19. The summed E-state index contributed by atoms with van der Waals surface area (Å²) in [5, 5.41) is 2.37. The summed E-state index contributed by atoms with van der Waals surface area (Å²) in [5.74, 6) is 1.35. The van der Waals surface area contributed by atoms with Crippen molar-refractivity contribution in [3.63, 3.8) is 0 Å². The van der Waals surface area contributed by atoms with E-state index in [2.05, 4.69) is 46.9 Å². The maximum atomic E-state index is 12.4. The number of allylic oxidation sites excluding steroid dienone is 1. The highest BCUT2D eigenvalue weighted by Gasteiger charge is 2.13. The number of carbonyl (C=O) groups is 1. The molecule has 0 aliphatic carbocycles. The lowest BCUT2D eigenvalue weighted by atomic mass is 10.1. The predicted octanol–water partition coefficient (Wildman–Crippen LogP) is 7.32. The molecule has 160 valence electrons. The second-order valence-electron chi connectivity index (χ2n) is 7.25. The molecule has 3 nitrogen and oxygen atoms in total. The molecule has 4 aromatic rings. The molecule has 0 aromatic heterocycles. The van der Waals surface area contributed by atoms with Gasteiger partial charge in [-0.3, -0.25) is 4.79 Å². The monoisotopic (exact) mass is 534 g/mol. The molecule has 0 saturated carbocycles. The first-order valence-corrected chi connectivity index (χ1v) is 11.6. The molecule has 32 heavy (non-hydrogen) atoms. The Bertz CT molecular complexity index is 1260. The first-order chi connectivity index (χ1) is 15.7. The van der Waals surface area contributed by atoms with Crippen molar-refractivity contribution in [3.8, 4) is 11.5 Å². The summed E-state index contributed by atoms with van der Waals surface area (Å²) >= 11 is 2.26. The minimum absolute atomic E-state index is 0.0325. The van der Waals surface area contributed by atoms with Crippen LogP contribution in [0.25, 0.3) is 16.8 Å². The highest BCUT2D eigenvalue weighted by atomic mass is 127. The van der Waals surface area contributed by atoms with E-state index in [4.69, 9.17) is 9.47 Å². The number of rotatable bonds is 8. The van der Waals surface area contributed by atoms with Crippen LogP contribution in [0, 0.1) is 3.57 Å². The van der Waals surface area contributed by atoms with Crippen LogP contribution < -0.4 is 9.47 Å². The standard InChI is InChI=1S/C28H23IO3/c1-2-31-27-18-20(15-16-26(30)22-10-4-3-5-11-22)17-25(29)28(27)32-19-23-13-8-12-21-9-6-7-14-24(21)23/h3-18H,2,19H2,1H3/b16-15+. The number of hydrogen-bond acceptors (Lipinski definition) is 3. The van der Waals surface area contributed by atoms with Crippen LogP contribution in [0.3, 0.4) is 0 Å². The van der Waals surface area contributed by atoms with E-state index in [-0.39, 0.29) is 5.78 Å². The quantitative estimate of drug-likeness (QED) is 0.135. The van der Waals surface area contributed by atoms with Crippen molar-refractivity contribution in [3.05, 3.63) is 111 Å². The van der Waals surface area contributed by atoms with E-state index in [1.165, 1.54) is 10.8 Å². The van der Waals surface area contributed by atoms with Crippen molar-refractivity contribution in [1.29, 1.82) is 0 Å². The minimum Gasteiger partial charge on any atom is -0.490 e. The van der Waals surface area contributed by atoms with Gasteiger partial charge in [0.25, 0.3) is 0 Å². The van der Waals surface area contributed by atoms with Crippen LogP contribution in [0.2, 0.25) is 0 Å². The zero-order valence-corrected chi connectivity index (χ0v) is 19.9. The zero-order valence-electron chi connectivity index (χ0n) is 17.8. The van der Waals surface area contributed by atoms with Gasteiger partial charge in [0.1, 0.15) is 6.61 Å². The van der Waals surface area contributed by atoms with Gasteiger partial charge >= 0.3 is 0 Å². The fourth-order valence-electron chi connectivity index (χ4n) is 3.53. The summed E-state index contributed by atoms with van der Waals surface area (Å²) in [5.41, 5.74) is 2.68. The van der Waals surface area contributed by atoms with Gasteiger partial charge in [-0.2, -0.15) is 0 Å². The number of hydrogen-bond donors (Lipinski definition) is 0. The van der Waals surface area contributed by atoms with Crippen LogP contribution in [0.4, 0.5) is 0 Å². The third-order valence-electron chi connectivity index (χ3n) is 5.07. The first kappa shape index (κ1) is 22.1. The van der Waals surface area contributed by atoms with Gasteiger partial charge in [-0.15, -0.1) is 0 Å². The van der Waals surface area contributed by atoms with E-state index in [1.807, 2.05) is 73.7 Å². The maximum absolute atomic E-state index is 12.4. The molecule has 0 atom stereocenters. The molecular weight excluding hydrogens is 511 g/mol. The van der Waals surface area contributed by atoms with Gasteiger partial charge in [0.15, 0.2) is 17.3 Å². The summed E-state index contributed by atoms with van der Waals surface area (Å²) in [4.78, 5) is 12.4. The molecule has 4 heteroatoms. The van der Waals surface area contributed by atoms with Gasteiger partial charge in [0, 0.05) is 5.56 Å². The summed E-state index contributed by atoms with van der Waals surface area (Å²) in [6.07, 6.45) is 3.40.